The van der Waals surface area contributed by atoms with E-state index in [1.165, 1.54) is 11.1 Å². The first-order chi connectivity index (χ1) is 5.65. The average molecular weight is 202 g/mol. The van der Waals surface area contributed by atoms with Crippen molar-refractivity contribution >= 4 is 12.4 Å². The van der Waals surface area contributed by atoms with Crippen molar-refractivity contribution in [3.63, 3.8) is 0 Å². The molecule has 0 heterocycles. The molecule has 0 saturated heterocycles. The fraction of sp³-hybridized carbons (Fsp3) is 0.400. The first kappa shape index (κ1) is 12.4. The molecule has 0 radical (unpaired) electrons. The van der Waals surface area contributed by atoms with Gasteiger partial charge >= 0.3 is 0 Å². The van der Waals surface area contributed by atoms with Crippen LogP contribution in [0, 0.1) is 13.8 Å². The fourth-order valence-corrected chi connectivity index (χ4v) is 1.11. The first-order valence-electron chi connectivity index (χ1n) is 4.10. The number of rotatable bonds is 2. The van der Waals surface area contributed by atoms with E-state index in [2.05, 4.69) is 0 Å². The van der Waals surface area contributed by atoms with Crippen LogP contribution in [0.25, 0.3) is 0 Å². The highest BCUT2D eigenvalue weighted by molar-refractivity contribution is 5.85. The van der Waals surface area contributed by atoms with Crippen LogP contribution in [-0.4, -0.2) is 11.7 Å². The maximum absolute atomic E-state index is 9.42. The lowest BCUT2D eigenvalue weighted by molar-refractivity contribution is 0.186. The topological polar surface area (TPSA) is 46.2 Å². The molecule has 74 valence electrons. The van der Waals surface area contributed by atoms with Crippen molar-refractivity contribution < 1.29 is 5.11 Å². The second kappa shape index (κ2) is 5.22. The summed E-state index contributed by atoms with van der Waals surface area (Å²) in [6.45, 7) is 4.36. The quantitative estimate of drug-likeness (QED) is 0.766. The smallest absolute Gasteiger partial charge is 0.0912 e. The van der Waals surface area contributed by atoms with Gasteiger partial charge in [0.1, 0.15) is 0 Å². The lowest BCUT2D eigenvalue weighted by Crippen LogP contribution is -2.11. The van der Waals surface area contributed by atoms with Gasteiger partial charge in [-0.25, -0.2) is 0 Å². The summed E-state index contributed by atoms with van der Waals surface area (Å²) < 4.78 is 0. The van der Waals surface area contributed by atoms with Gasteiger partial charge in [-0.2, -0.15) is 0 Å². The predicted octanol–water partition coefficient (Wildman–Crippen LogP) is 1.72. The van der Waals surface area contributed by atoms with Crippen LogP contribution in [0.15, 0.2) is 18.2 Å². The van der Waals surface area contributed by atoms with E-state index >= 15 is 0 Å². The van der Waals surface area contributed by atoms with Gasteiger partial charge in [0, 0.05) is 6.54 Å². The second-order valence-corrected chi connectivity index (χ2v) is 3.10. The minimum Gasteiger partial charge on any atom is -0.387 e. The number of aliphatic hydroxyl groups is 1. The van der Waals surface area contributed by atoms with Crippen LogP contribution in [-0.2, 0) is 0 Å². The van der Waals surface area contributed by atoms with Crippen molar-refractivity contribution in [1.29, 1.82) is 0 Å². The van der Waals surface area contributed by atoms with Crippen molar-refractivity contribution in [3.8, 4) is 0 Å². The Kier molecular flexibility index (Phi) is 4.99. The molecule has 3 heteroatoms. The Hall–Kier alpha value is -0.570. The number of aryl methyl sites for hydroxylation is 2. The van der Waals surface area contributed by atoms with E-state index in [9.17, 15) is 5.11 Å². The van der Waals surface area contributed by atoms with Gasteiger partial charge in [-0.1, -0.05) is 18.2 Å². The van der Waals surface area contributed by atoms with E-state index in [0.29, 0.717) is 0 Å². The van der Waals surface area contributed by atoms with Crippen molar-refractivity contribution in [1.82, 2.24) is 0 Å². The molecule has 1 rings (SSSR count). The molecule has 1 unspecified atom stereocenters. The highest BCUT2D eigenvalue weighted by Crippen LogP contribution is 2.15. The third-order valence-electron chi connectivity index (χ3n) is 2.14. The molecule has 0 spiro atoms. The van der Waals surface area contributed by atoms with Gasteiger partial charge in [-0.15, -0.1) is 12.4 Å². The Morgan fingerprint density at radius 3 is 2.38 bits per heavy atom. The summed E-state index contributed by atoms with van der Waals surface area (Å²) in [7, 11) is 0. The third-order valence-corrected chi connectivity index (χ3v) is 2.14. The van der Waals surface area contributed by atoms with E-state index in [0.717, 1.165) is 5.56 Å². The Labute approximate surface area is 85.2 Å². The Bertz CT molecular complexity index is 276. The number of nitrogens with two attached hydrogens (primary N) is 1. The van der Waals surface area contributed by atoms with Crippen molar-refractivity contribution in [2.24, 2.45) is 5.73 Å². The van der Waals surface area contributed by atoms with Crippen LogP contribution < -0.4 is 5.73 Å². The van der Waals surface area contributed by atoms with E-state index in [1.807, 2.05) is 32.0 Å². The highest BCUT2D eigenvalue weighted by atomic mass is 35.5. The molecule has 0 aliphatic carbocycles. The SMILES string of the molecule is Cc1ccc(C(O)CN)cc1C.Cl. The van der Waals surface area contributed by atoms with E-state index in [-0.39, 0.29) is 19.0 Å². The van der Waals surface area contributed by atoms with Crippen LogP contribution in [0.2, 0.25) is 0 Å². The summed E-state index contributed by atoms with van der Waals surface area (Å²) in [5.74, 6) is 0. The molecule has 3 N–H and O–H groups in total. The van der Waals surface area contributed by atoms with Crippen LogP contribution in [0.3, 0.4) is 0 Å². The number of hydrogen-bond donors (Lipinski definition) is 2. The summed E-state index contributed by atoms with van der Waals surface area (Å²) >= 11 is 0. The van der Waals surface area contributed by atoms with Gasteiger partial charge in [0.25, 0.3) is 0 Å². The lowest BCUT2D eigenvalue weighted by atomic mass is 10.0. The van der Waals surface area contributed by atoms with Gasteiger partial charge in [0.15, 0.2) is 0 Å². The molecule has 13 heavy (non-hydrogen) atoms. The van der Waals surface area contributed by atoms with E-state index in [4.69, 9.17) is 5.73 Å². The Morgan fingerprint density at radius 2 is 1.92 bits per heavy atom. The molecule has 0 aliphatic rings. The van der Waals surface area contributed by atoms with Gasteiger partial charge in [0.05, 0.1) is 6.10 Å². The molecular weight excluding hydrogens is 186 g/mol. The van der Waals surface area contributed by atoms with Crippen LogP contribution in [0.4, 0.5) is 0 Å². The molecule has 0 bridgehead atoms. The second-order valence-electron chi connectivity index (χ2n) is 3.10. The predicted molar refractivity (Wildman–Crippen MR) is 57.2 cm³/mol. The van der Waals surface area contributed by atoms with Crippen LogP contribution in [0.5, 0.6) is 0 Å². The van der Waals surface area contributed by atoms with Crippen molar-refractivity contribution in [3.05, 3.63) is 34.9 Å². The van der Waals surface area contributed by atoms with Crippen molar-refractivity contribution in [2.75, 3.05) is 6.54 Å². The summed E-state index contributed by atoms with van der Waals surface area (Å²) in [5, 5.41) is 9.42. The molecule has 1 aromatic carbocycles. The third kappa shape index (κ3) is 2.99. The number of hydrogen-bond acceptors (Lipinski definition) is 2. The van der Waals surface area contributed by atoms with Crippen LogP contribution >= 0.6 is 12.4 Å². The zero-order chi connectivity index (χ0) is 9.14. The van der Waals surface area contributed by atoms with Gasteiger partial charge in [-0.05, 0) is 30.5 Å². The minimum absolute atomic E-state index is 0. The van der Waals surface area contributed by atoms with E-state index in [1.54, 1.807) is 0 Å². The van der Waals surface area contributed by atoms with Gasteiger partial charge < -0.3 is 10.8 Å². The first-order valence-corrected chi connectivity index (χ1v) is 4.10. The number of benzene rings is 1. The molecule has 0 aromatic heterocycles. The Morgan fingerprint density at radius 1 is 1.31 bits per heavy atom. The molecule has 0 fully saturated rings. The average Bonchev–Trinajstić information content (AvgIpc) is 2.08. The van der Waals surface area contributed by atoms with Crippen LogP contribution in [0.1, 0.15) is 22.8 Å². The standard InChI is InChI=1S/C10H15NO.ClH/c1-7-3-4-9(5-8(7)2)10(12)6-11;/h3-5,10,12H,6,11H2,1-2H3;1H. The highest BCUT2D eigenvalue weighted by Gasteiger charge is 2.04. The lowest BCUT2D eigenvalue weighted by Gasteiger charge is -2.09. The summed E-state index contributed by atoms with van der Waals surface area (Å²) in [6, 6.07) is 5.90. The van der Waals surface area contributed by atoms with E-state index < -0.39 is 6.10 Å². The molecule has 1 aromatic rings. The summed E-state index contributed by atoms with van der Waals surface area (Å²) in [6.07, 6.45) is -0.524. The zero-order valence-corrected chi connectivity index (χ0v) is 8.77. The molecule has 0 amide bonds. The zero-order valence-electron chi connectivity index (χ0n) is 7.95. The molecule has 2 nitrogen and oxygen atoms in total. The molecular formula is C10H16ClNO. The monoisotopic (exact) mass is 201 g/mol. The fourth-order valence-electron chi connectivity index (χ4n) is 1.11. The normalized spacial score (nSPS) is 12.0. The number of aliphatic hydroxyl groups excluding tert-OH is 1. The molecule has 0 saturated carbocycles. The maximum Gasteiger partial charge on any atom is 0.0912 e. The summed E-state index contributed by atoms with van der Waals surface area (Å²) in [4.78, 5) is 0. The minimum atomic E-state index is -0.524. The largest absolute Gasteiger partial charge is 0.387 e. The van der Waals surface area contributed by atoms with Gasteiger partial charge in [0.2, 0.25) is 0 Å². The molecule has 0 aliphatic heterocycles. The summed E-state index contributed by atoms with van der Waals surface area (Å²) in [5.41, 5.74) is 8.68. The van der Waals surface area contributed by atoms with Gasteiger partial charge in [-0.3, -0.25) is 0 Å². The molecule has 1 atom stereocenters. The van der Waals surface area contributed by atoms with Crippen molar-refractivity contribution in [2.45, 2.75) is 20.0 Å². The Balaban J connectivity index is 0.00000144. The maximum atomic E-state index is 9.42. The number of halogens is 1.